The van der Waals surface area contributed by atoms with E-state index in [4.69, 9.17) is 0 Å². The molecule has 1 aliphatic heterocycles. The fraction of sp³-hybridized carbons (Fsp3) is 0.700. The summed E-state index contributed by atoms with van der Waals surface area (Å²) >= 11 is 1.54. The maximum absolute atomic E-state index is 12.7. The van der Waals surface area contributed by atoms with Crippen molar-refractivity contribution in [3.8, 4) is 0 Å². The van der Waals surface area contributed by atoms with Crippen LogP contribution < -0.4 is 11.0 Å². The maximum atomic E-state index is 12.7. The average Bonchev–Trinajstić information content (AvgIpc) is 3.17. The highest BCUT2D eigenvalue weighted by Gasteiger charge is 2.24. The van der Waals surface area contributed by atoms with Crippen LogP contribution in [-0.4, -0.2) is 31.3 Å². The lowest BCUT2D eigenvalue weighted by molar-refractivity contribution is 0.0932. The summed E-state index contributed by atoms with van der Waals surface area (Å²) in [6, 6.07) is 0.0543. The van der Waals surface area contributed by atoms with Crippen molar-refractivity contribution < 1.29 is 4.79 Å². The van der Waals surface area contributed by atoms with Gasteiger partial charge >= 0.3 is 5.69 Å². The molecular weight excluding hydrogens is 374 g/mol. The zero-order chi connectivity index (χ0) is 19.7. The van der Waals surface area contributed by atoms with E-state index in [1.165, 1.54) is 17.7 Å². The predicted octanol–water partition coefficient (Wildman–Crippen LogP) is 2.56. The van der Waals surface area contributed by atoms with Crippen LogP contribution in [0.5, 0.6) is 0 Å². The normalized spacial score (nSPS) is 19.2. The number of hydrogen-bond donors (Lipinski definition) is 1. The molecule has 28 heavy (non-hydrogen) atoms. The van der Waals surface area contributed by atoms with Crippen LogP contribution in [0.15, 0.2) is 4.79 Å². The minimum Gasteiger partial charge on any atom is -0.347 e. The fourth-order valence-corrected chi connectivity index (χ4v) is 5.05. The lowest BCUT2D eigenvalue weighted by Gasteiger charge is -2.15. The molecule has 0 spiro atoms. The number of hydrogen-bond acceptors (Lipinski definition) is 5. The zero-order valence-electron chi connectivity index (χ0n) is 16.7. The molecule has 2 aromatic rings. The minimum absolute atomic E-state index is 0.0183. The summed E-state index contributed by atoms with van der Waals surface area (Å²) in [4.78, 5) is 31.1. The van der Waals surface area contributed by atoms with E-state index in [0.717, 1.165) is 43.6 Å². The van der Waals surface area contributed by atoms with E-state index < -0.39 is 0 Å². The van der Waals surface area contributed by atoms with Crippen molar-refractivity contribution >= 4 is 17.2 Å². The van der Waals surface area contributed by atoms with Crippen LogP contribution in [0.2, 0.25) is 0 Å². The summed E-state index contributed by atoms with van der Waals surface area (Å²) in [5.74, 6) is 1.32. The molecule has 0 radical (unpaired) electrons. The molecule has 4 rings (SSSR count). The largest absolute Gasteiger partial charge is 0.347 e. The number of aromatic nitrogens is 4. The Balaban J connectivity index is 1.38. The zero-order valence-corrected chi connectivity index (χ0v) is 17.6. The quantitative estimate of drug-likeness (QED) is 0.832. The second-order valence-electron chi connectivity index (χ2n) is 8.35. The van der Waals surface area contributed by atoms with Crippen LogP contribution in [-0.2, 0) is 32.4 Å². The lowest BCUT2D eigenvalue weighted by atomic mass is 10.0. The Morgan fingerprint density at radius 2 is 2.07 bits per heavy atom. The number of rotatable bonds is 5. The summed E-state index contributed by atoms with van der Waals surface area (Å²) in [5, 5.41) is 8.27. The fourth-order valence-electron chi connectivity index (χ4n) is 3.99. The van der Waals surface area contributed by atoms with Crippen molar-refractivity contribution in [2.75, 3.05) is 0 Å². The van der Waals surface area contributed by atoms with Gasteiger partial charge < -0.3 is 5.32 Å². The van der Waals surface area contributed by atoms with E-state index in [-0.39, 0.29) is 17.6 Å². The van der Waals surface area contributed by atoms with Crippen LogP contribution in [0.25, 0.3) is 0 Å². The molecule has 1 amide bonds. The molecule has 1 unspecified atom stereocenters. The van der Waals surface area contributed by atoms with E-state index in [9.17, 15) is 9.59 Å². The lowest BCUT2D eigenvalue weighted by Crippen LogP contribution is -2.35. The summed E-state index contributed by atoms with van der Waals surface area (Å²) in [7, 11) is 0. The predicted molar refractivity (Wildman–Crippen MR) is 109 cm³/mol. The first-order chi connectivity index (χ1) is 13.5. The molecule has 0 aromatic carbocycles. The van der Waals surface area contributed by atoms with Crippen LogP contribution in [0.3, 0.4) is 0 Å². The first-order valence-electron chi connectivity index (χ1n) is 10.5. The SMILES string of the molecule is CC(C)CCn1nc2n(c1=O)CCC(NC(=O)c1nc3c(s1)CCCC3)CC2. The van der Waals surface area contributed by atoms with E-state index in [1.807, 2.05) is 0 Å². The van der Waals surface area contributed by atoms with Gasteiger partial charge in [0.2, 0.25) is 0 Å². The van der Waals surface area contributed by atoms with Crippen LogP contribution >= 0.6 is 11.3 Å². The summed E-state index contributed by atoms with van der Waals surface area (Å²) in [6.45, 7) is 5.58. The number of aryl methyl sites for hydroxylation is 4. The number of fused-ring (bicyclic) bond motifs is 2. The highest BCUT2D eigenvalue weighted by atomic mass is 32.1. The van der Waals surface area contributed by atoms with Gasteiger partial charge in [-0.25, -0.2) is 14.5 Å². The Kier molecular flexibility index (Phi) is 5.66. The van der Waals surface area contributed by atoms with Crippen molar-refractivity contribution in [3.63, 3.8) is 0 Å². The Morgan fingerprint density at radius 3 is 2.86 bits per heavy atom. The molecule has 8 heteroatoms. The first kappa shape index (κ1) is 19.4. The maximum Gasteiger partial charge on any atom is 0.345 e. The van der Waals surface area contributed by atoms with Crippen LogP contribution in [0.1, 0.15) is 72.1 Å². The molecule has 0 bridgehead atoms. The van der Waals surface area contributed by atoms with Gasteiger partial charge in [-0.1, -0.05) is 13.8 Å². The van der Waals surface area contributed by atoms with Gasteiger partial charge in [-0.05, 0) is 50.9 Å². The number of amides is 1. The molecule has 2 aliphatic rings. The molecule has 1 aliphatic carbocycles. The molecule has 1 N–H and O–H groups in total. The summed E-state index contributed by atoms with van der Waals surface area (Å²) in [6.07, 6.45) is 7.62. The van der Waals surface area contributed by atoms with Gasteiger partial charge in [0, 0.05) is 30.4 Å². The number of nitrogens with one attached hydrogen (secondary N) is 1. The van der Waals surface area contributed by atoms with Gasteiger partial charge in [0.1, 0.15) is 5.82 Å². The Bertz CT molecular complexity index is 887. The van der Waals surface area contributed by atoms with Gasteiger partial charge in [0.25, 0.3) is 5.91 Å². The van der Waals surface area contributed by atoms with E-state index in [2.05, 4.69) is 29.2 Å². The standard InChI is InChI=1S/C20H29N5O2S/c1-13(2)9-12-25-20(27)24-11-10-14(7-8-17(24)23-25)21-18(26)19-22-15-5-3-4-6-16(15)28-19/h13-14H,3-12H2,1-2H3,(H,21,26). The van der Waals surface area contributed by atoms with Gasteiger partial charge in [0.15, 0.2) is 5.01 Å². The van der Waals surface area contributed by atoms with Gasteiger partial charge in [-0.3, -0.25) is 9.36 Å². The minimum atomic E-state index is -0.0710. The smallest absolute Gasteiger partial charge is 0.345 e. The topological polar surface area (TPSA) is 81.8 Å². The van der Waals surface area contributed by atoms with Gasteiger partial charge in [-0.2, -0.15) is 5.10 Å². The van der Waals surface area contributed by atoms with Crippen molar-refractivity contribution in [3.05, 3.63) is 31.9 Å². The average molecular weight is 404 g/mol. The second kappa shape index (κ2) is 8.19. The van der Waals surface area contributed by atoms with Gasteiger partial charge in [0.05, 0.1) is 5.69 Å². The molecule has 0 fully saturated rings. The Hall–Kier alpha value is -1.96. The third kappa shape index (κ3) is 4.06. The molecule has 152 valence electrons. The van der Waals surface area contributed by atoms with Gasteiger partial charge in [-0.15, -0.1) is 11.3 Å². The number of carbonyl (C=O) groups excluding carboxylic acids is 1. The molecule has 2 aromatic heterocycles. The highest BCUT2D eigenvalue weighted by Crippen LogP contribution is 2.26. The Labute approximate surface area is 169 Å². The van der Waals surface area contributed by atoms with Crippen LogP contribution in [0, 0.1) is 5.92 Å². The van der Waals surface area contributed by atoms with Crippen molar-refractivity contribution in [2.45, 2.75) is 84.3 Å². The molecule has 3 heterocycles. The van der Waals surface area contributed by atoms with Crippen molar-refractivity contribution in [1.29, 1.82) is 0 Å². The molecule has 0 saturated carbocycles. The molecular formula is C20H29N5O2S. The monoisotopic (exact) mass is 403 g/mol. The van der Waals surface area contributed by atoms with Crippen molar-refractivity contribution in [1.82, 2.24) is 24.6 Å². The van der Waals surface area contributed by atoms with E-state index in [1.54, 1.807) is 20.6 Å². The molecule has 1 atom stereocenters. The molecule has 0 saturated heterocycles. The van der Waals surface area contributed by atoms with Crippen LogP contribution in [0.4, 0.5) is 0 Å². The summed E-state index contributed by atoms with van der Waals surface area (Å²) < 4.78 is 3.39. The number of thiazole rings is 1. The summed E-state index contributed by atoms with van der Waals surface area (Å²) in [5.41, 5.74) is 1.10. The number of carbonyl (C=O) groups is 1. The number of nitrogens with zero attached hydrogens (tertiary/aromatic N) is 4. The van der Waals surface area contributed by atoms with E-state index in [0.29, 0.717) is 30.4 Å². The second-order valence-corrected chi connectivity index (χ2v) is 9.43. The van der Waals surface area contributed by atoms with E-state index >= 15 is 0 Å². The third-order valence-electron chi connectivity index (χ3n) is 5.71. The van der Waals surface area contributed by atoms with Crippen molar-refractivity contribution in [2.24, 2.45) is 5.92 Å². The Morgan fingerprint density at radius 1 is 1.25 bits per heavy atom. The third-order valence-corrected chi connectivity index (χ3v) is 6.87. The first-order valence-corrected chi connectivity index (χ1v) is 11.3. The highest BCUT2D eigenvalue weighted by molar-refractivity contribution is 7.13. The molecule has 7 nitrogen and oxygen atoms in total.